The molecule has 0 unspecified atom stereocenters. The van der Waals surface area contributed by atoms with Crippen LogP contribution in [0.2, 0.25) is 0 Å². The van der Waals surface area contributed by atoms with Crippen LogP contribution in [-0.4, -0.2) is 35.0 Å². The monoisotopic (exact) mass is 222 g/mol. The van der Waals surface area contributed by atoms with Crippen molar-refractivity contribution < 1.29 is 17.7 Å². The molecule has 0 aromatic heterocycles. The minimum atomic E-state index is -2.90. The van der Waals surface area contributed by atoms with Gasteiger partial charge in [0.05, 0.1) is 5.60 Å². The van der Waals surface area contributed by atoms with E-state index >= 15 is 0 Å². The summed E-state index contributed by atoms with van der Waals surface area (Å²) < 4.78 is 21.9. The minimum absolute atomic E-state index is 0.327. The second-order valence-electron chi connectivity index (χ2n) is 3.78. The van der Waals surface area contributed by atoms with Crippen LogP contribution in [-0.2, 0) is 17.7 Å². The second kappa shape index (κ2) is 5.82. The molecule has 0 aromatic carbocycles. The molecule has 5 heteroatoms. The largest absolute Gasteiger partial charge is 0.679 e. The van der Waals surface area contributed by atoms with Gasteiger partial charge in [-0.2, -0.15) is 0 Å². The van der Waals surface area contributed by atoms with Crippen LogP contribution in [0.1, 0.15) is 34.6 Å². The van der Waals surface area contributed by atoms with Gasteiger partial charge in [-0.15, -0.1) is 0 Å². The molecule has 0 rings (SSSR count). The Kier molecular flexibility index (Phi) is 5.85. The summed E-state index contributed by atoms with van der Waals surface area (Å²) in [6.45, 7) is 10.7. The van der Waals surface area contributed by atoms with E-state index in [0.29, 0.717) is 13.2 Å². The summed E-state index contributed by atoms with van der Waals surface area (Å²) in [5.74, 6) is 0. The molecule has 86 valence electrons. The summed E-state index contributed by atoms with van der Waals surface area (Å²) >= 11 is 0. The molecular formula is C9H22O4Si. The molecule has 0 atom stereocenters. The molecule has 0 aliphatic carbocycles. The van der Waals surface area contributed by atoms with E-state index < -0.39 is 9.05 Å². The summed E-state index contributed by atoms with van der Waals surface area (Å²) in [5, 5.41) is 0. The lowest BCUT2D eigenvalue weighted by atomic mass is 10.2. The highest BCUT2D eigenvalue weighted by Crippen LogP contribution is 2.19. The molecular weight excluding hydrogens is 200 g/mol. The van der Waals surface area contributed by atoms with Crippen molar-refractivity contribution in [3.63, 3.8) is 0 Å². The van der Waals surface area contributed by atoms with E-state index in [4.69, 9.17) is 17.7 Å². The first kappa shape index (κ1) is 14.1. The van der Waals surface area contributed by atoms with Gasteiger partial charge in [0.1, 0.15) is 0 Å². The molecule has 0 aliphatic rings. The highest BCUT2D eigenvalue weighted by molar-refractivity contribution is 6.53. The predicted octanol–water partition coefficient (Wildman–Crippen LogP) is 1.96. The van der Waals surface area contributed by atoms with Crippen molar-refractivity contribution in [1.82, 2.24) is 0 Å². The van der Waals surface area contributed by atoms with E-state index in [1.807, 2.05) is 34.6 Å². The molecule has 4 nitrogen and oxygen atoms in total. The molecule has 0 radical (unpaired) electrons. The third-order valence-corrected chi connectivity index (χ3v) is 3.97. The Balaban J connectivity index is 4.48. The minimum Gasteiger partial charge on any atom is -0.355 e. The smallest absolute Gasteiger partial charge is 0.355 e. The first-order valence-corrected chi connectivity index (χ1v) is 6.55. The number of rotatable bonds is 6. The van der Waals surface area contributed by atoms with E-state index in [9.17, 15) is 0 Å². The van der Waals surface area contributed by atoms with Crippen molar-refractivity contribution in [2.24, 2.45) is 0 Å². The summed E-state index contributed by atoms with van der Waals surface area (Å²) in [4.78, 5) is 0. The lowest BCUT2D eigenvalue weighted by molar-refractivity contribution is -0.0641. The molecule has 0 N–H and O–H groups in total. The molecule has 0 heterocycles. The Morgan fingerprint density at radius 3 is 1.64 bits per heavy atom. The van der Waals surface area contributed by atoms with E-state index in [2.05, 4.69) is 0 Å². The lowest BCUT2D eigenvalue weighted by Crippen LogP contribution is -2.52. The third-order valence-electron chi connectivity index (χ3n) is 1.32. The SMILES string of the molecule is CCO[Si](OC)(OCC)OC(C)(C)C. The number of hydrogen-bond donors (Lipinski definition) is 0. The average molecular weight is 222 g/mol. The van der Waals surface area contributed by atoms with Crippen LogP contribution in [0.3, 0.4) is 0 Å². The van der Waals surface area contributed by atoms with E-state index in [-0.39, 0.29) is 5.60 Å². The van der Waals surface area contributed by atoms with Gasteiger partial charge in [0, 0.05) is 20.3 Å². The van der Waals surface area contributed by atoms with Gasteiger partial charge < -0.3 is 17.7 Å². The summed E-state index contributed by atoms with van der Waals surface area (Å²) in [6.07, 6.45) is 0. The Morgan fingerprint density at radius 2 is 1.43 bits per heavy atom. The zero-order valence-electron chi connectivity index (χ0n) is 10.0. The lowest BCUT2D eigenvalue weighted by Gasteiger charge is -2.32. The molecule has 0 bridgehead atoms. The predicted molar refractivity (Wildman–Crippen MR) is 56.9 cm³/mol. The summed E-state index contributed by atoms with van der Waals surface area (Å²) in [7, 11) is -1.35. The van der Waals surface area contributed by atoms with Crippen LogP contribution < -0.4 is 0 Å². The van der Waals surface area contributed by atoms with Gasteiger partial charge in [0.2, 0.25) is 0 Å². The Morgan fingerprint density at radius 1 is 1.00 bits per heavy atom. The summed E-state index contributed by atoms with van der Waals surface area (Å²) in [6, 6.07) is 0. The van der Waals surface area contributed by atoms with Crippen LogP contribution in [0, 0.1) is 0 Å². The Hall–Kier alpha value is 0.0569. The first-order chi connectivity index (χ1) is 6.39. The van der Waals surface area contributed by atoms with E-state index in [1.165, 1.54) is 0 Å². The molecule has 0 aromatic rings. The van der Waals surface area contributed by atoms with Crippen LogP contribution in [0.4, 0.5) is 0 Å². The van der Waals surface area contributed by atoms with Crippen molar-refractivity contribution in [1.29, 1.82) is 0 Å². The highest BCUT2D eigenvalue weighted by Gasteiger charge is 2.47. The van der Waals surface area contributed by atoms with Gasteiger partial charge >= 0.3 is 9.05 Å². The normalized spacial score (nSPS) is 13.3. The molecule has 0 fully saturated rings. The number of hydrogen-bond acceptors (Lipinski definition) is 4. The Labute approximate surface area is 88.0 Å². The molecule has 0 amide bonds. The van der Waals surface area contributed by atoms with Gasteiger partial charge in [-0.3, -0.25) is 0 Å². The maximum atomic E-state index is 5.73. The zero-order chi connectivity index (χ0) is 11.2. The first-order valence-electron chi connectivity index (χ1n) is 4.92. The van der Waals surface area contributed by atoms with Gasteiger partial charge in [-0.05, 0) is 34.6 Å². The fraction of sp³-hybridized carbons (Fsp3) is 1.00. The van der Waals surface area contributed by atoms with E-state index in [1.54, 1.807) is 7.11 Å². The standard InChI is InChI=1S/C9H22O4Si/c1-7-11-14(10-6,12-8-2)13-9(3,4)5/h7-8H2,1-6H3. The second-order valence-corrected chi connectivity index (χ2v) is 5.97. The van der Waals surface area contributed by atoms with Gasteiger partial charge in [0.15, 0.2) is 0 Å². The molecule has 0 spiro atoms. The van der Waals surface area contributed by atoms with Gasteiger partial charge in [-0.25, -0.2) is 0 Å². The van der Waals surface area contributed by atoms with Crippen LogP contribution in [0.5, 0.6) is 0 Å². The van der Waals surface area contributed by atoms with Crippen molar-refractivity contribution in [3.8, 4) is 0 Å². The molecule has 0 saturated heterocycles. The van der Waals surface area contributed by atoms with Gasteiger partial charge in [0.25, 0.3) is 0 Å². The van der Waals surface area contributed by atoms with Crippen LogP contribution in [0.25, 0.3) is 0 Å². The maximum Gasteiger partial charge on any atom is 0.679 e. The quantitative estimate of drug-likeness (QED) is 0.644. The van der Waals surface area contributed by atoms with Crippen LogP contribution in [0.15, 0.2) is 0 Å². The highest BCUT2D eigenvalue weighted by atomic mass is 28.4. The molecule has 0 saturated carbocycles. The topological polar surface area (TPSA) is 36.9 Å². The van der Waals surface area contributed by atoms with Crippen molar-refractivity contribution in [3.05, 3.63) is 0 Å². The molecule has 14 heavy (non-hydrogen) atoms. The van der Waals surface area contributed by atoms with Crippen LogP contribution >= 0.6 is 0 Å². The summed E-state index contributed by atoms with van der Waals surface area (Å²) in [5.41, 5.74) is -0.327. The molecule has 0 aliphatic heterocycles. The van der Waals surface area contributed by atoms with Crippen molar-refractivity contribution in [2.45, 2.75) is 40.2 Å². The fourth-order valence-electron chi connectivity index (χ4n) is 0.989. The zero-order valence-corrected chi connectivity index (χ0v) is 11.0. The van der Waals surface area contributed by atoms with Crippen molar-refractivity contribution >= 4 is 9.05 Å². The third kappa shape index (κ3) is 5.07. The van der Waals surface area contributed by atoms with Gasteiger partial charge in [-0.1, -0.05) is 0 Å². The maximum absolute atomic E-state index is 5.73. The van der Waals surface area contributed by atoms with E-state index in [0.717, 1.165) is 0 Å². The van der Waals surface area contributed by atoms with Crippen molar-refractivity contribution in [2.75, 3.05) is 20.3 Å². The average Bonchev–Trinajstić information content (AvgIpc) is 2.02. The Bertz CT molecular complexity index is 149. The fourth-order valence-corrected chi connectivity index (χ4v) is 2.97.